The third kappa shape index (κ3) is 5.26. The molecule has 8 heteroatoms. The number of hydrogen-bond acceptors (Lipinski definition) is 7. The van der Waals surface area contributed by atoms with E-state index in [9.17, 15) is 9.59 Å². The number of thioether (sulfide) groups is 1. The monoisotopic (exact) mass is 392 g/mol. The Kier molecular flexibility index (Phi) is 7.72. The van der Waals surface area contributed by atoms with Crippen molar-refractivity contribution in [1.82, 2.24) is 4.90 Å². The molecule has 0 bridgehead atoms. The van der Waals surface area contributed by atoms with E-state index in [0.29, 0.717) is 36.1 Å². The summed E-state index contributed by atoms with van der Waals surface area (Å²) in [6.45, 7) is 6.90. The van der Waals surface area contributed by atoms with Gasteiger partial charge in [-0.25, -0.2) is 4.79 Å². The molecule has 0 unspecified atom stereocenters. The highest BCUT2D eigenvalue weighted by Gasteiger charge is 2.31. The number of likely N-dealkylation sites (N-methyl/N-ethyl adjacent to an activating group) is 1. The number of rotatable bonds is 8. The Hall–Kier alpha value is -2.48. The molecule has 1 aliphatic rings. The Morgan fingerprint density at radius 2 is 2.04 bits per heavy atom. The van der Waals surface area contributed by atoms with Crippen LogP contribution in [0.3, 0.4) is 0 Å². The zero-order valence-corrected chi connectivity index (χ0v) is 16.8. The molecular weight excluding hydrogens is 368 g/mol. The minimum atomic E-state index is -0.443. The highest BCUT2D eigenvalue weighted by atomic mass is 32.2. The second kappa shape index (κ2) is 10.0. The molecule has 0 N–H and O–H groups in total. The van der Waals surface area contributed by atoms with Crippen LogP contribution in [0.15, 0.2) is 28.1 Å². The maximum atomic E-state index is 12.5. The zero-order valence-electron chi connectivity index (χ0n) is 16.0. The van der Waals surface area contributed by atoms with Gasteiger partial charge < -0.3 is 14.2 Å². The van der Waals surface area contributed by atoms with Gasteiger partial charge in [0.2, 0.25) is 0 Å². The molecule has 146 valence electrons. The summed E-state index contributed by atoms with van der Waals surface area (Å²) < 4.78 is 15.6. The number of amidine groups is 1. The predicted octanol–water partition coefficient (Wildman–Crippen LogP) is 2.95. The lowest BCUT2D eigenvalue weighted by atomic mass is 10.2. The SMILES string of the molecule is CCN=C1S/C(=C/c2ccc(OCC(=O)OCC)c(OC)c2)C(=O)N1CC. The van der Waals surface area contributed by atoms with E-state index in [1.165, 1.54) is 18.9 Å². The molecule has 0 saturated carbocycles. The van der Waals surface area contributed by atoms with Crippen LogP contribution in [0.4, 0.5) is 0 Å². The van der Waals surface area contributed by atoms with Crippen molar-refractivity contribution in [3.8, 4) is 11.5 Å². The molecule has 0 spiro atoms. The number of methoxy groups -OCH3 is 1. The molecule has 0 radical (unpaired) electrons. The van der Waals surface area contributed by atoms with E-state index in [1.54, 1.807) is 36.1 Å². The number of nitrogens with zero attached hydrogens (tertiary/aromatic N) is 2. The number of carbonyl (C=O) groups is 2. The maximum absolute atomic E-state index is 12.5. The fourth-order valence-electron chi connectivity index (χ4n) is 2.42. The minimum absolute atomic E-state index is 0.0590. The molecule has 1 aromatic rings. The van der Waals surface area contributed by atoms with Gasteiger partial charge in [-0.05, 0) is 56.3 Å². The summed E-state index contributed by atoms with van der Waals surface area (Å²) in [6.07, 6.45) is 1.80. The molecular formula is C19H24N2O5S. The van der Waals surface area contributed by atoms with Gasteiger partial charge in [0.15, 0.2) is 23.3 Å². The van der Waals surface area contributed by atoms with Gasteiger partial charge in [-0.1, -0.05) is 6.07 Å². The van der Waals surface area contributed by atoms with Gasteiger partial charge >= 0.3 is 5.97 Å². The summed E-state index contributed by atoms with van der Waals surface area (Å²) in [5.41, 5.74) is 0.792. The topological polar surface area (TPSA) is 77.4 Å². The quantitative estimate of drug-likeness (QED) is 0.500. The van der Waals surface area contributed by atoms with Crippen LogP contribution in [0.2, 0.25) is 0 Å². The number of carbonyl (C=O) groups excluding carboxylic acids is 2. The number of esters is 1. The van der Waals surface area contributed by atoms with E-state index >= 15 is 0 Å². The van der Waals surface area contributed by atoms with Crippen molar-refractivity contribution in [2.45, 2.75) is 20.8 Å². The fourth-order valence-corrected chi connectivity index (χ4v) is 3.53. The minimum Gasteiger partial charge on any atom is -0.493 e. The van der Waals surface area contributed by atoms with Gasteiger partial charge in [-0.2, -0.15) is 0 Å². The van der Waals surface area contributed by atoms with Crippen LogP contribution in [0.5, 0.6) is 11.5 Å². The van der Waals surface area contributed by atoms with Crippen LogP contribution >= 0.6 is 11.8 Å². The second-order valence-electron chi connectivity index (χ2n) is 5.42. The highest BCUT2D eigenvalue weighted by Crippen LogP contribution is 2.34. The van der Waals surface area contributed by atoms with Crippen LogP contribution in [0.1, 0.15) is 26.3 Å². The predicted molar refractivity (Wildman–Crippen MR) is 106 cm³/mol. The summed E-state index contributed by atoms with van der Waals surface area (Å²) in [4.78, 5) is 30.6. The molecule has 1 heterocycles. The van der Waals surface area contributed by atoms with Crippen molar-refractivity contribution >= 4 is 34.9 Å². The van der Waals surface area contributed by atoms with Crippen molar-refractivity contribution in [1.29, 1.82) is 0 Å². The van der Waals surface area contributed by atoms with Gasteiger partial charge in [0.25, 0.3) is 5.91 Å². The number of hydrogen-bond donors (Lipinski definition) is 0. The van der Waals surface area contributed by atoms with Crippen molar-refractivity contribution in [2.24, 2.45) is 4.99 Å². The molecule has 0 atom stereocenters. The van der Waals surface area contributed by atoms with Gasteiger partial charge in [-0.15, -0.1) is 0 Å². The lowest BCUT2D eigenvalue weighted by molar-refractivity contribution is -0.145. The van der Waals surface area contributed by atoms with Crippen LogP contribution in [-0.2, 0) is 14.3 Å². The average Bonchev–Trinajstić information content (AvgIpc) is 2.95. The first-order chi connectivity index (χ1) is 13.0. The molecule has 27 heavy (non-hydrogen) atoms. The van der Waals surface area contributed by atoms with E-state index in [-0.39, 0.29) is 12.5 Å². The Morgan fingerprint density at radius 1 is 1.26 bits per heavy atom. The van der Waals surface area contributed by atoms with Gasteiger partial charge in [0.1, 0.15) is 0 Å². The van der Waals surface area contributed by atoms with Crippen LogP contribution in [-0.4, -0.2) is 55.4 Å². The van der Waals surface area contributed by atoms with Gasteiger partial charge in [0, 0.05) is 13.1 Å². The van der Waals surface area contributed by atoms with E-state index < -0.39 is 5.97 Å². The van der Waals surface area contributed by atoms with Gasteiger partial charge in [0.05, 0.1) is 18.6 Å². The Morgan fingerprint density at radius 3 is 2.67 bits per heavy atom. The number of benzene rings is 1. The normalized spacial score (nSPS) is 16.9. The zero-order chi connectivity index (χ0) is 19.8. The summed E-state index contributed by atoms with van der Waals surface area (Å²) in [5.74, 6) is 0.401. The Bertz CT molecular complexity index is 760. The summed E-state index contributed by atoms with van der Waals surface area (Å²) in [6, 6.07) is 5.26. The molecule has 1 amide bonds. The number of aliphatic imine (C=N–C) groups is 1. The number of ether oxygens (including phenoxy) is 3. The summed E-state index contributed by atoms with van der Waals surface area (Å²) in [5, 5.41) is 0.720. The van der Waals surface area contributed by atoms with Crippen molar-refractivity contribution < 1.29 is 23.8 Å². The average molecular weight is 392 g/mol. The standard InChI is InChI=1S/C19H24N2O5S/c1-5-20-19-21(6-2)18(23)16(27-19)11-13-8-9-14(15(10-13)24-4)26-12-17(22)25-7-3/h8-11H,5-7,12H2,1-4H3/b16-11+,20-19?. The maximum Gasteiger partial charge on any atom is 0.344 e. The summed E-state index contributed by atoms with van der Waals surface area (Å²) >= 11 is 1.36. The molecule has 1 saturated heterocycles. The van der Waals surface area contributed by atoms with Crippen molar-refractivity contribution in [3.05, 3.63) is 28.7 Å². The van der Waals surface area contributed by atoms with E-state index in [4.69, 9.17) is 14.2 Å². The molecule has 7 nitrogen and oxygen atoms in total. The van der Waals surface area contributed by atoms with Gasteiger partial charge in [-0.3, -0.25) is 14.7 Å². The highest BCUT2D eigenvalue weighted by molar-refractivity contribution is 8.18. The third-order valence-corrected chi connectivity index (χ3v) is 4.68. The lowest BCUT2D eigenvalue weighted by Gasteiger charge is -2.11. The first-order valence-electron chi connectivity index (χ1n) is 8.76. The second-order valence-corrected chi connectivity index (χ2v) is 6.43. The third-order valence-electron chi connectivity index (χ3n) is 3.63. The first-order valence-corrected chi connectivity index (χ1v) is 9.57. The molecule has 1 fully saturated rings. The fraction of sp³-hybridized carbons (Fsp3) is 0.421. The lowest BCUT2D eigenvalue weighted by Crippen LogP contribution is -2.28. The molecule has 1 aromatic carbocycles. The number of amides is 1. The largest absolute Gasteiger partial charge is 0.493 e. The molecule has 2 rings (SSSR count). The van der Waals surface area contributed by atoms with E-state index in [2.05, 4.69) is 4.99 Å². The first kappa shape index (κ1) is 20.8. The van der Waals surface area contributed by atoms with Crippen LogP contribution in [0, 0.1) is 0 Å². The van der Waals surface area contributed by atoms with Crippen LogP contribution < -0.4 is 9.47 Å². The Labute approximate surface area is 163 Å². The summed E-state index contributed by atoms with van der Waals surface area (Å²) in [7, 11) is 1.52. The molecule has 1 aliphatic heterocycles. The van der Waals surface area contributed by atoms with E-state index in [1.807, 2.05) is 13.8 Å². The Balaban J connectivity index is 2.20. The van der Waals surface area contributed by atoms with Crippen LogP contribution in [0.25, 0.3) is 6.08 Å². The van der Waals surface area contributed by atoms with Crippen molar-refractivity contribution in [3.63, 3.8) is 0 Å². The molecule has 0 aromatic heterocycles. The molecule has 0 aliphatic carbocycles. The van der Waals surface area contributed by atoms with E-state index in [0.717, 1.165) is 10.7 Å². The smallest absolute Gasteiger partial charge is 0.344 e. The van der Waals surface area contributed by atoms with Crippen molar-refractivity contribution in [2.75, 3.05) is 33.4 Å².